The highest BCUT2D eigenvalue weighted by atomic mass is 16.5. The topological polar surface area (TPSA) is 96.5 Å². The number of nitrogens with one attached hydrogen (secondary N) is 1. The molecule has 1 aliphatic heterocycles. The number of aryl methyl sites for hydroxylation is 1. The summed E-state index contributed by atoms with van der Waals surface area (Å²) in [5.74, 6) is -2.60. The number of H-pyrrole nitrogens is 1. The Morgan fingerprint density at radius 3 is 2.30 bits per heavy atom. The number of esters is 1. The van der Waals surface area contributed by atoms with Crippen LogP contribution in [-0.2, 0) is 19.1 Å². The predicted octanol–water partition coefficient (Wildman–Crippen LogP) is 2.93. The molecule has 1 aliphatic carbocycles. The maximum atomic E-state index is 13.0. The van der Waals surface area contributed by atoms with Crippen LogP contribution in [-0.4, -0.2) is 45.6 Å². The molecule has 30 heavy (non-hydrogen) atoms. The number of likely N-dealkylation sites (tertiary alicyclic amines) is 1. The predicted molar refractivity (Wildman–Crippen MR) is 110 cm³/mol. The van der Waals surface area contributed by atoms with Gasteiger partial charge in [-0.15, -0.1) is 0 Å². The lowest BCUT2D eigenvalue weighted by Gasteiger charge is -2.23. The fraction of sp³-hybridized carbons (Fsp3) is 0.391. The lowest BCUT2D eigenvalue weighted by Crippen LogP contribution is -2.45. The Morgan fingerprint density at radius 1 is 1.07 bits per heavy atom. The third kappa shape index (κ3) is 3.14. The minimum absolute atomic E-state index is 0.331. The number of para-hydroxylation sites is 1. The summed E-state index contributed by atoms with van der Waals surface area (Å²) in [6.07, 6.45) is 3.74. The maximum Gasteiger partial charge on any atom is 0.329 e. The molecule has 2 heterocycles. The molecule has 7 nitrogen and oxygen atoms in total. The van der Waals surface area contributed by atoms with Crippen LogP contribution < -0.4 is 0 Å². The highest BCUT2D eigenvalue weighted by Crippen LogP contribution is 2.36. The van der Waals surface area contributed by atoms with Crippen molar-refractivity contribution in [1.29, 1.82) is 0 Å². The third-order valence-corrected chi connectivity index (χ3v) is 6.07. The first kappa shape index (κ1) is 20.1. The summed E-state index contributed by atoms with van der Waals surface area (Å²) in [7, 11) is 0. The molecule has 2 aliphatic rings. The van der Waals surface area contributed by atoms with E-state index in [9.17, 15) is 19.2 Å². The van der Waals surface area contributed by atoms with Gasteiger partial charge >= 0.3 is 5.97 Å². The zero-order chi connectivity index (χ0) is 21.6. The van der Waals surface area contributed by atoms with Gasteiger partial charge in [0.15, 0.2) is 6.10 Å². The molecule has 0 radical (unpaired) electrons. The molecule has 156 valence electrons. The smallest absolute Gasteiger partial charge is 0.329 e. The van der Waals surface area contributed by atoms with E-state index in [0.717, 1.165) is 15.8 Å². The van der Waals surface area contributed by atoms with E-state index in [-0.39, 0.29) is 17.6 Å². The molecule has 0 spiro atoms. The van der Waals surface area contributed by atoms with Crippen LogP contribution in [0.15, 0.2) is 36.4 Å². The molecule has 1 aromatic heterocycles. The van der Waals surface area contributed by atoms with Gasteiger partial charge in [-0.3, -0.25) is 19.3 Å². The highest BCUT2D eigenvalue weighted by molar-refractivity contribution is 6.12. The standard InChI is InChI=1S/C23H24N2O5/c1-12-19(17-10-6-7-11-18(17)24-12)20(26)14(3)30-23(29)13(2)25-21(27)15-8-4-5-9-16(15)22(25)28/h4-7,10-11,13-16,24H,8-9H2,1-3H3/t13-,14-,15-,16-/m0/s1. The van der Waals surface area contributed by atoms with Gasteiger partial charge in [0.1, 0.15) is 6.04 Å². The molecule has 1 fully saturated rings. The van der Waals surface area contributed by atoms with E-state index in [0.29, 0.717) is 24.1 Å². The number of ketones is 1. The van der Waals surface area contributed by atoms with Crippen molar-refractivity contribution in [1.82, 2.24) is 9.88 Å². The zero-order valence-corrected chi connectivity index (χ0v) is 17.2. The number of fused-ring (bicyclic) bond motifs is 2. The molecule has 2 amide bonds. The summed E-state index contributed by atoms with van der Waals surface area (Å²) in [6, 6.07) is 6.34. The second kappa shape index (κ2) is 7.55. The van der Waals surface area contributed by atoms with Gasteiger partial charge in [-0.25, -0.2) is 4.79 Å². The number of Topliss-reactive ketones (excluding diaryl/α,β-unsaturated/α-hetero) is 1. The lowest BCUT2D eigenvalue weighted by molar-refractivity contribution is -0.159. The molecule has 0 unspecified atom stereocenters. The average molecular weight is 408 g/mol. The van der Waals surface area contributed by atoms with Crippen molar-refractivity contribution in [2.75, 3.05) is 0 Å². The van der Waals surface area contributed by atoms with Crippen LogP contribution in [0.5, 0.6) is 0 Å². The van der Waals surface area contributed by atoms with Crippen LogP contribution in [0.3, 0.4) is 0 Å². The van der Waals surface area contributed by atoms with Gasteiger partial charge in [0.2, 0.25) is 17.6 Å². The Morgan fingerprint density at radius 2 is 1.67 bits per heavy atom. The number of hydrogen-bond donors (Lipinski definition) is 1. The number of allylic oxidation sites excluding steroid dienone is 2. The van der Waals surface area contributed by atoms with E-state index in [1.807, 2.05) is 36.4 Å². The van der Waals surface area contributed by atoms with E-state index in [1.165, 1.54) is 13.8 Å². The number of benzene rings is 1. The van der Waals surface area contributed by atoms with Crippen LogP contribution in [0.1, 0.15) is 42.7 Å². The molecular formula is C23H24N2O5. The van der Waals surface area contributed by atoms with Crippen LogP contribution in [0.25, 0.3) is 10.9 Å². The van der Waals surface area contributed by atoms with Gasteiger partial charge < -0.3 is 9.72 Å². The van der Waals surface area contributed by atoms with Crippen molar-refractivity contribution in [3.8, 4) is 0 Å². The van der Waals surface area contributed by atoms with E-state index < -0.39 is 30.0 Å². The van der Waals surface area contributed by atoms with Crippen LogP contribution in [0.4, 0.5) is 0 Å². The summed E-state index contributed by atoms with van der Waals surface area (Å²) < 4.78 is 5.40. The second-order valence-corrected chi connectivity index (χ2v) is 7.99. The summed E-state index contributed by atoms with van der Waals surface area (Å²) in [5.41, 5.74) is 2.00. The second-order valence-electron chi connectivity index (χ2n) is 7.99. The van der Waals surface area contributed by atoms with Crippen molar-refractivity contribution in [2.24, 2.45) is 11.8 Å². The average Bonchev–Trinajstić information content (AvgIpc) is 3.20. The highest BCUT2D eigenvalue weighted by Gasteiger charge is 2.50. The number of imide groups is 1. The Kier molecular flexibility index (Phi) is 5.05. The first-order chi connectivity index (χ1) is 14.3. The molecular weight excluding hydrogens is 384 g/mol. The van der Waals surface area contributed by atoms with Crippen molar-refractivity contribution in [3.05, 3.63) is 47.7 Å². The first-order valence-corrected chi connectivity index (χ1v) is 10.1. The van der Waals surface area contributed by atoms with Gasteiger partial charge in [0.25, 0.3) is 0 Å². The Balaban J connectivity index is 1.49. The number of carbonyl (C=O) groups excluding carboxylic acids is 4. The van der Waals surface area contributed by atoms with E-state index in [1.54, 1.807) is 6.92 Å². The molecule has 7 heteroatoms. The van der Waals surface area contributed by atoms with Gasteiger partial charge in [0.05, 0.1) is 11.8 Å². The number of aromatic nitrogens is 1. The molecule has 0 saturated carbocycles. The van der Waals surface area contributed by atoms with E-state index in [4.69, 9.17) is 4.74 Å². The Hall–Kier alpha value is -3.22. The number of rotatable bonds is 5. The molecule has 1 aromatic carbocycles. The lowest BCUT2D eigenvalue weighted by atomic mass is 9.85. The van der Waals surface area contributed by atoms with Crippen molar-refractivity contribution in [3.63, 3.8) is 0 Å². The summed E-state index contributed by atoms with van der Waals surface area (Å²) in [6.45, 7) is 4.77. The molecule has 4 atom stereocenters. The minimum Gasteiger partial charge on any atom is -0.453 e. The number of aromatic amines is 1. The number of amides is 2. The van der Waals surface area contributed by atoms with Gasteiger partial charge in [-0.1, -0.05) is 30.4 Å². The third-order valence-electron chi connectivity index (χ3n) is 6.07. The number of nitrogens with zero attached hydrogens (tertiary/aromatic N) is 1. The largest absolute Gasteiger partial charge is 0.453 e. The SMILES string of the molecule is Cc1[nH]c2ccccc2c1C(=O)[C@H](C)OC(=O)[C@H](C)N1C(=O)[C@H]2CC=CC[C@@H]2C1=O. The van der Waals surface area contributed by atoms with Crippen molar-refractivity contribution < 1.29 is 23.9 Å². The van der Waals surface area contributed by atoms with Gasteiger partial charge in [-0.05, 0) is 39.7 Å². The van der Waals surface area contributed by atoms with Crippen LogP contribution >= 0.6 is 0 Å². The van der Waals surface area contributed by atoms with E-state index >= 15 is 0 Å². The first-order valence-electron chi connectivity index (χ1n) is 10.1. The maximum absolute atomic E-state index is 13.0. The monoisotopic (exact) mass is 408 g/mol. The number of hydrogen-bond acceptors (Lipinski definition) is 5. The van der Waals surface area contributed by atoms with Crippen molar-refractivity contribution in [2.45, 2.75) is 45.8 Å². The Labute approximate surface area is 174 Å². The fourth-order valence-corrected chi connectivity index (χ4v) is 4.44. The summed E-state index contributed by atoms with van der Waals surface area (Å²) in [4.78, 5) is 55.3. The summed E-state index contributed by atoms with van der Waals surface area (Å²) >= 11 is 0. The minimum atomic E-state index is -1.07. The summed E-state index contributed by atoms with van der Waals surface area (Å²) in [5, 5.41) is 0.762. The fourth-order valence-electron chi connectivity index (χ4n) is 4.44. The van der Waals surface area contributed by atoms with Crippen LogP contribution in [0, 0.1) is 18.8 Å². The number of ether oxygens (including phenoxy) is 1. The van der Waals surface area contributed by atoms with Gasteiger partial charge in [-0.2, -0.15) is 0 Å². The normalized spacial score (nSPS) is 22.8. The Bertz CT molecular complexity index is 1060. The zero-order valence-electron chi connectivity index (χ0n) is 17.2. The van der Waals surface area contributed by atoms with Crippen molar-refractivity contribution >= 4 is 34.5 Å². The molecule has 0 bridgehead atoms. The van der Waals surface area contributed by atoms with Crippen LogP contribution in [0.2, 0.25) is 0 Å². The van der Waals surface area contributed by atoms with E-state index in [2.05, 4.69) is 4.98 Å². The number of carbonyl (C=O) groups is 4. The molecule has 4 rings (SSSR count). The van der Waals surface area contributed by atoms with Gasteiger partial charge in [0, 0.05) is 22.2 Å². The quantitative estimate of drug-likeness (QED) is 0.355. The molecule has 1 saturated heterocycles. The molecule has 1 N–H and O–H groups in total. The molecule has 2 aromatic rings.